The molecule has 0 atom stereocenters. The highest BCUT2D eigenvalue weighted by Gasteiger charge is 2.00. The van der Waals surface area contributed by atoms with Crippen molar-refractivity contribution in [3.8, 4) is 0 Å². The average Bonchev–Trinajstić information content (AvgIpc) is 1.93. The summed E-state index contributed by atoms with van der Waals surface area (Å²) in [5.74, 6) is 0. The molecule has 1 aromatic carbocycles. The van der Waals surface area contributed by atoms with Crippen LogP contribution in [0.15, 0.2) is 29.2 Å². The van der Waals surface area contributed by atoms with E-state index in [1.165, 1.54) is 11.8 Å². The fraction of sp³-hybridized carbons (Fsp3) is 0. The molecule has 0 unspecified atom stereocenters. The summed E-state index contributed by atoms with van der Waals surface area (Å²) in [5.41, 5.74) is 0. The van der Waals surface area contributed by atoms with Gasteiger partial charge in [0.05, 0.1) is 5.02 Å². The van der Waals surface area contributed by atoms with Crippen molar-refractivity contribution in [1.29, 1.82) is 0 Å². The molecule has 0 heterocycles. The fourth-order valence-corrected chi connectivity index (χ4v) is 1.87. The van der Waals surface area contributed by atoms with E-state index in [9.17, 15) is 0 Å². The smallest absolute Gasteiger partial charge is 0.0831 e. The van der Waals surface area contributed by atoms with Gasteiger partial charge in [-0.1, -0.05) is 59.3 Å². The van der Waals surface area contributed by atoms with Gasteiger partial charge in [-0.3, -0.25) is 0 Å². The molecule has 0 N–H and O–H groups in total. The van der Waals surface area contributed by atoms with Crippen molar-refractivity contribution in [2.45, 2.75) is 4.90 Å². The second-order valence-corrected chi connectivity index (χ2v) is 4.72. The van der Waals surface area contributed by atoms with E-state index < -0.39 is 0 Å². The predicted molar refractivity (Wildman–Crippen MR) is 55.8 cm³/mol. The zero-order valence-electron chi connectivity index (χ0n) is 5.38. The highest BCUT2D eigenvalue weighted by atomic mass is 35.5. The van der Waals surface area contributed by atoms with Gasteiger partial charge < -0.3 is 0 Å². The average molecular weight is 223 g/mol. The van der Waals surface area contributed by atoms with E-state index in [0.717, 1.165) is 4.90 Å². The Morgan fingerprint density at radius 2 is 2.00 bits per heavy atom. The van der Waals surface area contributed by atoms with Gasteiger partial charge in [-0.25, -0.2) is 0 Å². The van der Waals surface area contributed by atoms with E-state index in [1.807, 2.05) is 18.2 Å². The molecule has 0 aliphatic carbocycles. The lowest BCUT2D eigenvalue weighted by molar-refractivity contribution is 1.47. The molecule has 0 spiro atoms. The van der Waals surface area contributed by atoms with Crippen LogP contribution >= 0.6 is 47.2 Å². The summed E-state index contributed by atoms with van der Waals surface area (Å²) in [5, 5.41) is 0.681. The van der Waals surface area contributed by atoms with Gasteiger partial charge in [-0.15, -0.1) is 0 Å². The minimum atomic E-state index is 0.359. The fourth-order valence-electron chi connectivity index (χ4n) is 0.614. The number of rotatable bonds is 1. The van der Waals surface area contributed by atoms with Crippen LogP contribution in [0.5, 0.6) is 0 Å². The van der Waals surface area contributed by atoms with Gasteiger partial charge in [0.15, 0.2) is 0 Å². The molecule has 0 aromatic heterocycles. The van der Waals surface area contributed by atoms with Gasteiger partial charge in [0.1, 0.15) is 3.66 Å². The van der Waals surface area contributed by atoms with Crippen LogP contribution in [0.2, 0.25) is 5.02 Å². The normalized spacial score (nSPS) is 9.64. The summed E-state index contributed by atoms with van der Waals surface area (Å²) in [6.45, 7) is 0. The van der Waals surface area contributed by atoms with E-state index in [-0.39, 0.29) is 0 Å². The minimum Gasteiger partial charge on any atom is -0.0831 e. The molecule has 1 rings (SSSR count). The van der Waals surface area contributed by atoms with Gasteiger partial charge in [-0.2, -0.15) is 0 Å². The Balaban J connectivity index is 2.86. The monoisotopic (exact) mass is 222 g/mol. The Bertz CT molecular complexity index is 273. The van der Waals surface area contributed by atoms with Crippen LogP contribution in [0.3, 0.4) is 0 Å². The van der Waals surface area contributed by atoms with Crippen LogP contribution in [0.4, 0.5) is 0 Å². The third-order valence-corrected chi connectivity index (χ3v) is 2.69. The largest absolute Gasteiger partial charge is 0.141 e. The molecule has 0 nitrogen and oxygen atoms in total. The number of thioether (sulfide) groups is 1. The van der Waals surface area contributed by atoms with Crippen LogP contribution in [0.1, 0.15) is 0 Å². The molecule has 0 saturated carbocycles. The number of hydrogen-bond donors (Lipinski definition) is 0. The van der Waals surface area contributed by atoms with Gasteiger partial charge in [0.25, 0.3) is 0 Å². The van der Waals surface area contributed by atoms with Crippen molar-refractivity contribution < 1.29 is 0 Å². The predicted octanol–water partition coefficient (Wildman–Crippen LogP) is 3.96. The molecule has 11 heavy (non-hydrogen) atoms. The van der Waals surface area contributed by atoms with Crippen molar-refractivity contribution >= 4 is 50.8 Å². The molecule has 0 aliphatic heterocycles. The molecule has 1 aromatic rings. The maximum Gasteiger partial charge on any atom is 0.141 e. The standard InChI is InChI=1S/C7H4Cl2S2/c8-5-3-1-2-4-6(5)11-7(9)10/h1-4H. The molecule has 0 fully saturated rings. The van der Waals surface area contributed by atoms with E-state index >= 15 is 0 Å². The molecule has 0 amide bonds. The Kier molecular flexibility index (Phi) is 3.66. The van der Waals surface area contributed by atoms with Crippen LogP contribution in [0.25, 0.3) is 0 Å². The maximum atomic E-state index is 5.83. The highest BCUT2D eigenvalue weighted by Crippen LogP contribution is 2.28. The maximum absolute atomic E-state index is 5.83. The van der Waals surface area contributed by atoms with Crippen LogP contribution in [-0.4, -0.2) is 3.66 Å². The molecule has 4 heteroatoms. The summed E-state index contributed by atoms with van der Waals surface area (Å²) in [6.07, 6.45) is 0. The van der Waals surface area contributed by atoms with Gasteiger partial charge in [-0.05, 0) is 12.1 Å². The van der Waals surface area contributed by atoms with Crippen LogP contribution in [0, 0.1) is 0 Å². The third-order valence-electron chi connectivity index (χ3n) is 1.03. The first-order valence-corrected chi connectivity index (χ1v) is 4.80. The highest BCUT2D eigenvalue weighted by molar-refractivity contribution is 8.26. The van der Waals surface area contributed by atoms with E-state index in [1.54, 1.807) is 6.07 Å². The summed E-state index contributed by atoms with van der Waals surface area (Å²) < 4.78 is 0.359. The lowest BCUT2D eigenvalue weighted by Gasteiger charge is -1.98. The van der Waals surface area contributed by atoms with Crippen molar-refractivity contribution in [3.05, 3.63) is 29.3 Å². The van der Waals surface area contributed by atoms with E-state index in [4.69, 9.17) is 35.4 Å². The number of halogens is 2. The van der Waals surface area contributed by atoms with E-state index in [0.29, 0.717) is 8.68 Å². The quantitative estimate of drug-likeness (QED) is 0.401. The van der Waals surface area contributed by atoms with Gasteiger partial charge in [0.2, 0.25) is 0 Å². The minimum absolute atomic E-state index is 0.359. The summed E-state index contributed by atoms with van der Waals surface area (Å²) in [4.78, 5) is 0.897. The first-order valence-electron chi connectivity index (χ1n) is 2.82. The van der Waals surface area contributed by atoms with Crippen LogP contribution in [-0.2, 0) is 0 Å². The van der Waals surface area contributed by atoms with Crippen LogP contribution < -0.4 is 0 Å². The number of benzene rings is 1. The molecule has 0 saturated heterocycles. The summed E-state index contributed by atoms with van der Waals surface area (Å²) >= 11 is 17.3. The van der Waals surface area contributed by atoms with Gasteiger partial charge in [0, 0.05) is 4.90 Å². The molecular formula is C7H4Cl2S2. The topological polar surface area (TPSA) is 0 Å². The van der Waals surface area contributed by atoms with Crippen molar-refractivity contribution in [2.75, 3.05) is 0 Å². The van der Waals surface area contributed by atoms with Crippen molar-refractivity contribution in [2.24, 2.45) is 0 Å². The second kappa shape index (κ2) is 4.31. The zero-order chi connectivity index (χ0) is 8.27. The van der Waals surface area contributed by atoms with Crippen molar-refractivity contribution in [3.63, 3.8) is 0 Å². The Morgan fingerprint density at radius 3 is 2.55 bits per heavy atom. The Labute approximate surface area is 84.9 Å². The number of thiocarbonyl (C=S) groups is 1. The molecule has 58 valence electrons. The molecular weight excluding hydrogens is 219 g/mol. The number of hydrogen-bond acceptors (Lipinski definition) is 2. The lowest BCUT2D eigenvalue weighted by Crippen LogP contribution is -1.75. The Morgan fingerprint density at radius 1 is 1.36 bits per heavy atom. The summed E-state index contributed by atoms with van der Waals surface area (Å²) in [7, 11) is 0. The SMILES string of the molecule is S=C(Cl)Sc1ccccc1Cl. The van der Waals surface area contributed by atoms with Gasteiger partial charge >= 0.3 is 0 Å². The Hall–Kier alpha value is 0.240. The molecule has 0 radical (unpaired) electrons. The lowest BCUT2D eigenvalue weighted by atomic mass is 10.4. The first-order chi connectivity index (χ1) is 5.20. The first kappa shape index (κ1) is 9.33. The third kappa shape index (κ3) is 2.99. The second-order valence-electron chi connectivity index (χ2n) is 1.77. The zero-order valence-corrected chi connectivity index (χ0v) is 8.53. The summed E-state index contributed by atoms with van der Waals surface area (Å²) in [6, 6.07) is 7.44. The van der Waals surface area contributed by atoms with Crippen molar-refractivity contribution in [1.82, 2.24) is 0 Å². The van der Waals surface area contributed by atoms with E-state index in [2.05, 4.69) is 0 Å². The molecule has 0 bridgehead atoms. The molecule has 0 aliphatic rings.